The minimum atomic E-state index is -0.0124. The second kappa shape index (κ2) is 7.41. The second-order valence-corrected chi connectivity index (χ2v) is 8.26. The van der Waals surface area contributed by atoms with Crippen molar-refractivity contribution in [3.8, 4) is 0 Å². The highest BCUT2D eigenvalue weighted by atomic mass is 16.3. The molecule has 1 atom stereocenters. The maximum Gasteiger partial charge on any atom is 0.257 e. The van der Waals surface area contributed by atoms with Gasteiger partial charge in [-0.25, -0.2) is 0 Å². The van der Waals surface area contributed by atoms with E-state index in [0.29, 0.717) is 37.4 Å². The third-order valence-corrected chi connectivity index (χ3v) is 6.09. The van der Waals surface area contributed by atoms with Crippen molar-refractivity contribution in [2.45, 2.75) is 46.1 Å². The van der Waals surface area contributed by atoms with E-state index in [2.05, 4.69) is 4.98 Å². The van der Waals surface area contributed by atoms with Crippen LogP contribution in [0.1, 0.15) is 53.1 Å². The van der Waals surface area contributed by atoms with Gasteiger partial charge in [-0.1, -0.05) is 0 Å². The summed E-state index contributed by atoms with van der Waals surface area (Å²) in [6, 6.07) is 5.74. The number of hydrogen-bond donors (Lipinski definition) is 0. The van der Waals surface area contributed by atoms with Gasteiger partial charge in [0.05, 0.1) is 5.56 Å². The molecule has 148 valence electrons. The van der Waals surface area contributed by atoms with Crippen LogP contribution in [-0.2, 0) is 11.3 Å². The number of nitrogens with zero attached hydrogens (tertiary/aromatic N) is 3. The van der Waals surface area contributed by atoms with Crippen molar-refractivity contribution in [2.75, 3.05) is 19.6 Å². The fourth-order valence-corrected chi connectivity index (χ4v) is 4.68. The van der Waals surface area contributed by atoms with E-state index in [0.717, 1.165) is 37.1 Å². The van der Waals surface area contributed by atoms with Crippen LogP contribution >= 0.6 is 0 Å². The molecule has 4 rings (SSSR count). The molecule has 0 saturated carbocycles. The van der Waals surface area contributed by atoms with Crippen LogP contribution < -0.4 is 0 Å². The molecule has 0 aliphatic carbocycles. The fourth-order valence-electron chi connectivity index (χ4n) is 4.68. The monoisotopic (exact) mass is 381 g/mol. The van der Waals surface area contributed by atoms with Gasteiger partial charge in [0.25, 0.3) is 5.91 Å². The lowest BCUT2D eigenvalue weighted by Gasteiger charge is -2.48. The van der Waals surface area contributed by atoms with Crippen LogP contribution in [0.15, 0.2) is 35.0 Å². The first kappa shape index (κ1) is 18.7. The van der Waals surface area contributed by atoms with Crippen molar-refractivity contribution in [3.63, 3.8) is 0 Å². The summed E-state index contributed by atoms with van der Waals surface area (Å²) in [6.45, 7) is 6.50. The van der Waals surface area contributed by atoms with Crippen LogP contribution in [-0.4, -0.2) is 46.2 Å². The summed E-state index contributed by atoms with van der Waals surface area (Å²) >= 11 is 0. The quantitative estimate of drug-likeness (QED) is 0.818. The van der Waals surface area contributed by atoms with Crippen molar-refractivity contribution in [2.24, 2.45) is 5.41 Å². The molecule has 2 amide bonds. The topological polar surface area (TPSA) is 66.7 Å². The summed E-state index contributed by atoms with van der Waals surface area (Å²) in [5, 5.41) is 0. The summed E-state index contributed by atoms with van der Waals surface area (Å²) in [6.07, 6.45) is 6.95. The Bertz CT molecular complexity index is 876. The Labute approximate surface area is 165 Å². The van der Waals surface area contributed by atoms with Gasteiger partial charge in [0.15, 0.2) is 0 Å². The predicted octanol–water partition coefficient (Wildman–Crippen LogP) is 3.34. The lowest BCUT2D eigenvalue weighted by molar-refractivity contribution is -0.139. The number of rotatable bonds is 3. The number of aromatic nitrogens is 1. The van der Waals surface area contributed by atoms with Gasteiger partial charge in [-0.05, 0) is 56.9 Å². The number of carbonyl (C=O) groups is 2. The summed E-state index contributed by atoms with van der Waals surface area (Å²) in [4.78, 5) is 33.6. The number of aryl methyl sites for hydroxylation is 2. The number of amides is 2. The summed E-state index contributed by atoms with van der Waals surface area (Å²) in [5.74, 6) is 1.69. The Morgan fingerprint density at radius 3 is 2.71 bits per heavy atom. The highest BCUT2D eigenvalue weighted by Crippen LogP contribution is 2.39. The first-order valence-corrected chi connectivity index (χ1v) is 9.99. The Hall–Kier alpha value is -2.63. The highest BCUT2D eigenvalue weighted by molar-refractivity contribution is 5.95. The van der Waals surface area contributed by atoms with Crippen LogP contribution in [0.5, 0.6) is 0 Å². The third kappa shape index (κ3) is 3.68. The zero-order valence-corrected chi connectivity index (χ0v) is 16.6. The zero-order valence-electron chi connectivity index (χ0n) is 16.6. The van der Waals surface area contributed by atoms with E-state index < -0.39 is 0 Å². The normalized spacial score (nSPS) is 22.7. The Balaban J connectivity index is 1.50. The molecule has 0 N–H and O–H groups in total. The van der Waals surface area contributed by atoms with Gasteiger partial charge >= 0.3 is 0 Å². The van der Waals surface area contributed by atoms with Crippen molar-refractivity contribution in [3.05, 3.63) is 53.2 Å². The average molecular weight is 381 g/mol. The standard InChI is InChI=1S/C22H27N3O3/c1-16-12-19(17(2)28-16)21(27)24-11-3-7-22(14-24)8-4-20(26)25(15-22)13-18-5-9-23-10-6-18/h5-6,9-10,12H,3-4,7-8,11,13-15H2,1-2H3. The van der Waals surface area contributed by atoms with Crippen molar-refractivity contribution < 1.29 is 14.0 Å². The van der Waals surface area contributed by atoms with Crippen LogP contribution in [0.3, 0.4) is 0 Å². The molecule has 2 aliphatic heterocycles. The molecule has 1 spiro atoms. The molecule has 2 aliphatic rings. The molecule has 2 aromatic rings. The van der Waals surface area contributed by atoms with Crippen LogP contribution in [0.2, 0.25) is 0 Å². The number of piperidine rings is 2. The fraction of sp³-hybridized carbons (Fsp3) is 0.500. The van der Waals surface area contributed by atoms with Gasteiger partial charge in [0.2, 0.25) is 5.91 Å². The van der Waals surface area contributed by atoms with E-state index in [9.17, 15) is 9.59 Å². The molecule has 2 fully saturated rings. The van der Waals surface area contributed by atoms with Gasteiger partial charge in [-0.2, -0.15) is 0 Å². The molecule has 28 heavy (non-hydrogen) atoms. The number of likely N-dealkylation sites (tertiary alicyclic amines) is 2. The molecule has 0 bridgehead atoms. The van der Waals surface area contributed by atoms with Crippen LogP contribution in [0.25, 0.3) is 0 Å². The van der Waals surface area contributed by atoms with Gasteiger partial charge in [-0.15, -0.1) is 0 Å². The summed E-state index contributed by atoms with van der Waals surface area (Å²) in [7, 11) is 0. The van der Waals surface area contributed by atoms with Gasteiger partial charge in [0, 0.05) is 50.4 Å². The summed E-state index contributed by atoms with van der Waals surface area (Å²) < 4.78 is 5.56. The molecular weight excluding hydrogens is 354 g/mol. The first-order valence-electron chi connectivity index (χ1n) is 9.99. The van der Waals surface area contributed by atoms with Crippen molar-refractivity contribution in [1.29, 1.82) is 0 Å². The van der Waals surface area contributed by atoms with Gasteiger partial charge in [-0.3, -0.25) is 14.6 Å². The SMILES string of the molecule is Cc1cc(C(=O)N2CCCC3(CCC(=O)N(Cc4ccncc4)C3)C2)c(C)o1. The Morgan fingerprint density at radius 2 is 2.00 bits per heavy atom. The minimum Gasteiger partial charge on any atom is -0.466 e. The summed E-state index contributed by atoms with van der Waals surface area (Å²) in [5.41, 5.74) is 1.74. The molecule has 2 aromatic heterocycles. The number of hydrogen-bond acceptors (Lipinski definition) is 4. The number of pyridine rings is 1. The number of carbonyl (C=O) groups excluding carboxylic acids is 2. The molecule has 0 radical (unpaired) electrons. The third-order valence-electron chi connectivity index (χ3n) is 6.09. The molecule has 4 heterocycles. The van der Waals surface area contributed by atoms with E-state index in [4.69, 9.17) is 4.42 Å². The van der Waals surface area contributed by atoms with E-state index >= 15 is 0 Å². The zero-order chi connectivity index (χ0) is 19.7. The van der Waals surface area contributed by atoms with Crippen LogP contribution in [0.4, 0.5) is 0 Å². The average Bonchev–Trinajstić information content (AvgIpc) is 3.03. The largest absolute Gasteiger partial charge is 0.466 e. The molecule has 0 aromatic carbocycles. The van der Waals surface area contributed by atoms with E-state index in [1.54, 1.807) is 12.4 Å². The second-order valence-electron chi connectivity index (χ2n) is 8.26. The minimum absolute atomic E-state index is 0.0124. The van der Waals surface area contributed by atoms with E-state index in [1.165, 1.54) is 0 Å². The van der Waals surface area contributed by atoms with Crippen LogP contribution in [0, 0.1) is 19.3 Å². The van der Waals surface area contributed by atoms with Crippen molar-refractivity contribution >= 4 is 11.8 Å². The molecule has 6 heteroatoms. The molecular formula is C22H27N3O3. The van der Waals surface area contributed by atoms with Crippen molar-refractivity contribution in [1.82, 2.24) is 14.8 Å². The lowest BCUT2D eigenvalue weighted by Crippen LogP contribution is -2.54. The molecule has 2 saturated heterocycles. The maximum absolute atomic E-state index is 13.1. The Morgan fingerprint density at radius 1 is 1.21 bits per heavy atom. The first-order chi connectivity index (χ1) is 13.5. The number of furan rings is 1. The maximum atomic E-state index is 13.1. The van der Waals surface area contributed by atoms with Gasteiger partial charge in [0.1, 0.15) is 11.5 Å². The molecule has 1 unspecified atom stereocenters. The predicted molar refractivity (Wildman–Crippen MR) is 105 cm³/mol. The van der Waals surface area contributed by atoms with Gasteiger partial charge < -0.3 is 14.2 Å². The highest BCUT2D eigenvalue weighted by Gasteiger charge is 2.43. The Kier molecular flexibility index (Phi) is 4.96. The smallest absolute Gasteiger partial charge is 0.257 e. The lowest BCUT2D eigenvalue weighted by atomic mass is 9.73. The van der Waals surface area contributed by atoms with E-state index in [1.807, 2.05) is 41.8 Å². The van der Waals surface area contributed by atoms with E-state index in [-0.39, 0.29) is 17.2 Å². The molecule has 6 nitrogen and oxygen atoms in total.